The van der Waals surface area contributed by atoms with E-state index in [0.29, 0.717) is 6.42 Å². The number of hydrogen-bond donors (Lipinski definition) is 8. The van der Waals surface area contributed by atoms with Gasteiger partial charge in [-0.15, -0.1) is 0 Å². The number of aliphatic hydroxyl groups is 8. The summed E-state index contributed by atoms with van der Waals surface area (Å²) in [7, 11) is 0. The summed E-state index contributed by atoms with van der Waals surface area (Å²) in [6, 6.07) is 0. The number of hydrogen-bond acceptors (Lipinski definition) is 10. The quantitative estimate of drug-likeness (QED) is 0.161. The van der Waals surface area contributed by atoms with E-state index in [1.807, 2.05) is 20.8 Å². The van der Waals surface area contributed by atoms with Crippen molar-refractivity contribution in [2.24, 2.45) is 17.8 Å². The fourth-order valence-corrected chi connectivity index (χ4v) is 5.44. The van der Waals surface area contributed by atoms with E-state index in [9.17, 15) is 45.6 Å². The predicted molar refractivity (Wildman–Crippen MR) is 183 cm³/mol. The number of aliphatic hydroxyl groups excluding tert-OH is 8. The molecule has 1 heterocycles. The Morgan fingerprint density at radius 3 is 1.66 bits per heavy atom. The maximum absolute atomic E-state index is 12.5. The van der Waals surface area contributed by atoms with Gasteiger partial charge in [0.2, 0.25) is 0 Å². The predicted octanol–water partition coefficient (Wildman–Crippen LogP) is 3.19. The normalized spacial score (nSPS) is 40.3. The summed E-state index contributed by atoms with van der Waals surface area (Å²) < 4.78 is 5.74. The molecule has 12 atom stereocenters. The van der Waals surface area contributed by atoms with E-state index in [2.05, 4.69) is 0 Å². The zero-order chi connectivity index (χ0) is 35.4. The van der Waals surface area contributed by atoms with Gasteiger partial charge in [0.05, 0.1) is 48.8 Å². The van der Waals surface area contributed by atoms with Crippen LogP contribution in [0.1, 0.15) is 79.1 Å². The summed E-state index contributed by atoms with van der Waals surface area (Å²) in [5.74, 6) is -1.19. The van der Waals surface area contributed by atoms with Crippen molar-refractivity contribution in [3.63, 3.8) is 0 Å². The third-order valence-corrected chi connectivity index (χ3v) is 8.55. The van der Waals surface area contributed by atoms with Gasteiger partial charge >= 0.3 is 5.97 Å². The van der Waals surface area contributed by atoms with Gasteiger partial charge in [0.25, 0.3) is 0 Å². The summed E-state index contributed by atoms with van der Waals surface area (Å²) in [4.78, 5) is 12.5. The van der Waals surface area contributed by atoms with E-state index in [0.717, 1.165) is 6.42 Å². The van der Waals surface area contributed by atoms with Crippen LogP contribution in [0.5, 0.6) is 0 Å². The second kappa shape index (κ2) is 23.8. The minimum Gasteiger partial charge on any atom is -0.458 e. The van der Waals surface area contributed by atoms with Crippen LogP contribution in [0.2, 0.25) is 0 Å². The van der Waals surface area contributed by atoms with Gasteiger partial charge in [-0.2, -0.15) is 0 Å². The molecule has 1 unspecified atom stereocenters. The van der Waals surface area contributed by atoms with Gasteiger partial charge in [-0.1, -0.05) is 101 Å². The first-order valence-corrected chi connectivity index (χ1v) is 16.9. The summed E-state index contributed by atoms with van der Waals surface area (Å²) in [6.45, 7) is 7.55. The average molecular weight is 665 g/mol. The Kier molecular flexibility index (Phi) is 21.6. The molecule has 8 N–H and O–H groups in total. The lowest BCUT2D eigenvalue weighted by atomic mass is 9.90. The zero-order valence-corrected chi connectivity index (χ0v) is 28.4. The Morgan fingerprint density at radius 1 is 0.660 bits per heavy atom. The highest BCUT2D eigenvalue weighted by Gasteiger charge is 2.27. The van der Waals surface area contributed by atoms with Gasteiger partial charge in [-0.05, 0) is 44.4 Å². The molecule has 0 amide bonds. The Morgan fingerprint density at radius 2 is 1.13 bits per heavy atom. The van der Waals surface area contributed by atoms with Gasteiger partial charge in [-0.25, -0.2) is 4.79 Å². The highest BCUT2D eigenvalue weighted by molar-refractivity contribution is 5.82. The van der Waals surface area contributed by atoms with Crippen molar-refractivity contribution in [2.75, 3.05) is 0 Å². The standard InChI is InChI=1S/C37H60O10/c1-5-25(2)37-26(3)17-18-28(38)19-29(39)20-30(40)21-31(41)22-32(42)23-33(43)24-35(45)27(4)34(44)15-13-11-9-7-6-8-10-12-14-16-36(46)47-37/h6-14,16-18,25-35,37-45H,5,15,19-24H2,1-4H3/b8-6-,9-7-,12-10-,13-11-,16-14-,18-17-/t25-,26-,27-,28-,29-,30+,31?,32+,33+,34-,35+,37-/m0/s1. The zero-order valence-electron chi connectivity index (χ0n) is 28.4. The summed E-state index contributed by atoms with van der Waals surface area (Å²) in [6.07, 6.45) is 12.2. The van der Waals surface area contributed by atoms with Gasteiger partial charge in [0.1, 0.15) is 6.10 Å². The molecule has 10 heteroatoms. The highest BCUT2D eigenvalue weighted by Crippen LogP contribution is 2.23. The second-order valence-corrected chi connectivity index (χ2v) is 13.0. The van der Waals surface area contributed by atoms with E-state index in [1.54, 1.807) is 67.7 Å². The van der Waals surface area contributed by atoms with Crippen LogP contribution >= 0.6 is 0 Å². The van der Waals surface area contributed by atoms with E-state index < -0.39 is 66.8 Å². The minimum atomic E-state index is -1.10. The largest absolute Gasteiger partial charge is 0.458 e. The highest BCUT2D eigenvalue weighted by atomic mass is 16.5. The Balaban J connectivity index is 3.01. The third kappa shape index (κ3) is 19.2. The van der Waals surface area contributed by atoms with Crippen LogP contribution in [-0.2, 0) is 9.53 Å². The molecule has 0 saturated carbocycles. The van der Waals surface area contributed by atoms with Crippen LogP contribution in [0, 0.1) is 17.8 Å². The van der Waals surface area contributed by atoms with Crippen molar-refractivity contribution in [3.8, 4) is 0 Å². The number of carbonyl (C=O) groups excluding carboxylic acids is 1. The van der Waals surface area contributed by atoms with Crippen LogP contribution in [0.3, 0.4) is 0 Å². The molecule has 0 aromatic rings. The van der Waals surface area contributed by atoms with Gasteiger partial charge in [0, 0.05) is 24.3 Å². The first-order chi connectivity index (χ1) is 22.2. The van der Waals surface area contributed by atoms with Gasteiger partial charge < -0.3 is 45.6 Å². The molecule has 1 aliphatic rings. The molecule has 0 saturated heterocycles. The van der Waals surface area contributed by atoms with Crippen molar-refractivity contribution in [2.45, 2.75) is 134 Å². The lowest BCUT2D eigenvalue weighted by molar-refractivity contribution is -0.147. The third-order valence-electron chi connectivity index (χ3n) is 8.55. The molecule has 0 aromatic heterocycles. The molecule has 0 aliphatic carbocycles. The van der Waals surface area contributed by atoms with Crippen LogP contribution in [0.4, 0.5) is 0 Å². The maximum Gasteiger partial charge on any atom is 0.331 e. The van der Waals surface area contributed by atoms with Crippen LogP contribution < -0.4 is 0 Å². The summed E-state index contributed by atoms with van der Waals surface area (Å²) in [5.41, 5.74) is 0. The summed E-state index contributed by atoms with van der Waals surface area (Å²) in [5, 5.41) is 83.4. The van der Waals surface area contributed by atoms with E-state index in [-0.39, 0.29) is 50.4 Å². The fraction of sp³-hybridized carbons (Fsp3) is 0.649. The Labute approximate surface area is 280 Å². The van der Waals surface area contributed by atoms with Crippen LogP contribution in [0.25, 0.3) is 0 Å². The number of cyclic esters (lactones) is 1. The van der Waals surface area contributed by atoms with E-state index in [4.69, 9.17) is 4.74 Å². The first-order valence-electron chi connectivity index (χ1n) is 16.9. The number of ether oxygens (including phenoxy) is 1. The van der Waals surface area contributed by atoms with Gasteiger partial charge in [0.15, 0.2) is 0 Å². The minimum absolute atomic E-state index is 0.0516. The molecule has 10 nitrogen and oxygen atoms in total. The average Bonchev–Trinajstić information content (AvgIpc) is 2.99. The molecule has 0 bridgehead atoms. The summed E-state index contributed by atoms with van der Waals surface area (Å²) >= 11 is 0. The second-order valence-electron chi connectivity index (χ2n) is 13.0. The van der Waals surface area contributed by atoms with Crippen molar-refractivity contribution in [3.05, 3.63) is 72.9 Å². The number of allylic oxidation sites excluding steroid dienone is 8. The molecule has 47 heavy (non-hydrogen) atoms. The van der Waals surface area contributed by atoms with Crippen molar-refractivity contribution >= 4 is 5.97 Å². The van der Waals surface area contributed by atoms with Crippen molar-refractivity contribution < 1.29 is 50.4 Å². The number of rotatable bonds is 2. The smallest absolute Gasteiger partial charge is 0.331 e. The van der Waals surface area contributed by atoms with Crippen molar-refractivity contribution in [1.29, 1.82) is 0 Å². The Hall–Kier alpha value is -2.41. The van der Waals surface area contributed by atoms with Gasteiger partial charge in [-0.3, -0.25) is 0 Å². The lowest BCUT2D eigenvalue weighted by Gasteiger charge is -2.27. The van der Waals surface area contributed by atoms with E-state index in [1.165, 1.54) is 12.2 Å². The molecule has 0 spiro atoms. The molecule has 268 valence electrons. The fourth-order valence-electron chi connectivity index (χ4n) is 5.44. The molecule has 1 aliphatic heterocycles. The Bertz CT molecular complexity index is 1030. The van der Waals surface area contributed by atoms with E-state index >= 15 is 0 Å². The molecule has 0 aromatic carbocycles. The molecular formula is C37H60O10. The van der Waals surface area contributed by atoms with Crippen LogP contribution in [0.15, 0.2) is 72.9 Å². The molecule has 1 rings (SSSR count). The lowest BCUT2D eigenvalue weighted by Crippen LogP contribution is -2.34. The number of carbonyl (C=O) groups is 1. The number of esters is 1. The monoisotopic (exact) mass is 664 g/mol. The first kappa shape index (κ1) is 42.6. The van der Waals surface area contributed by atoms with Crippen LogP contribution in [-0.4, -0.2) is 102 Å². The van der Waals surface area contributed by atoms with Crippen molar-refractivity contribution in [1.82, 2.24) is 0 Å². The maximum atomic E-state index is 12.5. The molecular weight excluding hydrogens is 604 g/mol. The molecule has 0 radical (unpaired) electrons. The molecule has 0 fully saturated rings. The topological polar surface area (TPSA) is 188 Å². The SMILES string of the molecule is CC[C@H](C)[C@@H]1OC(=O)\C=C/C=C\C=C/C=C\C=C/C[C@H](O)[C@H](C)[C@H](O)C[C@H](O)C[C@H](O)CC(O)C[C@H](O)C[C@@H](O)C[C@@H](O)/C=C\[C@@H]1C.